The first-order valence-corrected chi connectivity index (χ1v) is 21.8. The fourth-order valence-electron chi connectivity index (χ4n) is 11.5. The molecular weight excluding hydrogens is 686 g/mol. The molecule has 0 atom stereocenters. The van der Waals surface area contributed by atoms with Crippen molar-refractivity contribution in [1.29, 1.82) is 0 Å². The molecule has 8 aromatic carbocycles. The zero-order chi connectivity index (χ0) is 43.0. The Morgan fingerprint density at radius 1 is 0.203 bits per heavy atom. The van der Waals surface area contributed by atoms with Crippen LogP contribution in [-0.2, 0) is 0 Å². The van der Waals surface area contributed by atoms with E-state index in [1.54, 1.807) is 0 Å². The van der Waals surface area contributed by atoms with Crippen LogP contribution >= 0.6 is 0 Å². The predicted octanol–water partition coefficient (Wildman–Crippen LogP) is -21.8. The molecule has 262 valence electrons. The van der Waals surface area contributed by atoms with Gasteiger partial charge in [0.05, 0.1) is 0 Å². The van der Waals surface area contributed by atoms with E-state index in [0.717, 1.165) is 0 Å². The molecule has 0 heterocycles. The van der Waals surface area contributed by atoms with Crippen LogP contribution in [0.5, 0.6) is 0 Å². The van der Waals surface area contributed by atoms with Gasteiger partial charge in [0.25, 0.3) is 0 Å². The molecule has 59 heavy (non-hydrogen) atoms. The van der Waals surface area contributed by atoms with Crippen molar-refractivity contribution in [2.45, 2.75) is 0 Å². The average Bonchev–Trinajstić information content (AvgIpc) is 3.22. The Balaban J connectivity index is 1.61. The molecule has 0 spiro atoms. The lowest BCUT2D eigenvalue weighted by atomic mass is 9.55. The molecule has 0 nitrogen and oxygen atoms in total. The highest BCUT2D eigenvalue weighted by molar-refractivity contribution is 6.75. The van der Waals surface area contributed by atoms with Crippen molar-refractivity contribution in [1.82, 2.24) is 0 Å². The Morgan fingerprint density at radius 3 is 0.915 bits per heavy atom. The molecule has 0 bridgehead atoms. The Morgan fingerprint density at radius 2 is 0.492 bits per heavy atom. The van der Waals surface area contributed by atoms with Gasteiger partial charge in [-0.2, -0.15) is 0 Å². The lowest BCUT2D eigenvalue weighted by Crippen LogP contribution is -2.53. The first-order chi connectivity index (χ1) is 27.8. The minimum atomic E-state index is 1.28. The van der Waals surface area contributed by atoms with E-state index in [9.17, 15) is 0 Å². The minimum Gasteiger partial charge on any atom is -0.101 e. The standard InChI is InChI=1S/C40H45B19/c41-22-18(29(48)32(51)21-19(22)33(52)39(58)40(59)34(21)53)20-30(49)27(46)17(28(47)31(20)50)12-15-13(23(42)35(54)37(56)25(15)44)11(10-6-5-8-3-1-2-4-9(8)7-10)14-16(12)26(45)38(57)36(55)24(14)43/h1-7H,41-59H2. The molecule has 8 rings (SSSR count). The Kier molecular flexibility index (Phi) is 10.3. The monoisotopic (exact) mass is 735 g/mol. The van der Waals surface area contributed by atoms with E-state index in [1.165, 1.54) is 180 Å². The van der Waals surface area contributed by atoms with E-state index in [0.29, 0.717) is 0 Å². The van der Waals surface area contributed by atoms with Gasteiger partial charge in [0.2, 0.25) is 0 Å². The summed E-state index contributed by atoms with van der Waals surface area (Å²) in [5.41, 5.74) is 35.0. The predicted molar refractivity (Wildman–Crippen MR) is 328 cm³/mol. The normalized spacial score (nSPS) is 11.7. The number of benzene rings is 8. The molecule has 0 fully saturated rings. The van der Waals surface area contributed by atoms with Crippen LogP contribution in [0.3, 0.4) is 0 Å². The van der Waals surface area contributed by atoms with Crippen molar-refractivity contribution in [3.05, 3.63) is 42.5 Å². The van der Waals surface area contributed by atoms with Crippen LogP contribution in [0.1, 0.15) is 0 Å². The topological polar surface area (TPSA) is 0 Å². The lowest BCUT2D eigenvalue weighted by Gasteiger charge is -2.32. The number of fused-ring (bicyclic) bond motifs is 4. The summed E-state index contributed by atoms with van der Waals surface area (Å²) in [6.45, 7) is 0. The molecule has 0 N–H and O–H groups in total. The van der Waals surface area contributed by atoms with Crippen molar-refractivity contribution in [2.24, 2.45) is 0 Å². The summed E-state index contributed by atoms with van der Waals surface area (Å²) >= 11 is 0. The summed E-state index contributed by atoms with van der Waals surface area (Å²) in [6, 6.07) is 16.0. The molecule has 0 aliphatic rings. The van der Waals surface area contributed by atoms with E-state index < -0.39 is 0 Å². The summed E-state index contributed by atoms with van der Waals surface area (Å²) in [5.74, 6) is 0. The van der Waals surface area contributed by atoms with Gasteiger partial charge in [-0.25, -0.2) is 0 Å². The van der Waals surface area contributed by atoms with Gasteiger partial charge in [0, 0.05) is 0 Å². The van der Waals surface area contributed by atoms with Crippen molar-refractivity contribution in [2.75, 3.05) is 0 Å². The van der Waals surface area contributed by atoms with E-state index in [-0.39, 0.29) is 0 Å². The van der Waals surface area contributed by atoms with Crippen LogP contribution < -0.4 is 104 Å². The molecule has 19 heteroatoms. The number of hydrogen-bond acceptors (Lipinski definition) is 0. The van der Waals surface area contributed by atoms with E-state index in [2.05, 4.69) is 192 Å². The third kappa shape index (κ3) is 5.71. The first kappa shape index (κ1) is 41.8. The smallest absolute Gasteiger partial charge is 0.101 e. The Bertz CT molecular complexity index is 3150. The SMILES string of the molecule is Bc1c(B)c(-c2c3c(B)c(B)c(B)c(B)c3c(-c3ccc4ccccc4c3)c3c(B)c(B)c(B)c(B)c23)c(B)c(B)c1-c1c(B)c(B)c2c(B)c(B)c(B)c(B)c2c1B. The van der Waals surface area contributed by atoms with Crippen molar-refractivity contribution in [3.8, 4) is 33.4 Å². The maximum absolute atomic E-state index is 2.44. The lowest BCUT2D eigenvalue weighted by molar-refractivity contribution is 1.73. The van der Waals surface area contributed by atoms with E-state index >= 15 is 0 Å². The average molecular weight is 731 g/mol. The van der Waals surface area contributed by atoms with Gasteiger partial charge >= 0.3 is 0 Å². The number of hydrogen-bond donors (Lipinski definition) is 0. The molecule has 0 radical (unpaired) electrons. The summed E-state index contributed by atoms with van der Waals surface area (Å²) in [5, 5.41) is 11.1. The molecule has 0 aromatic heterocycles. The van der Waals surface area contributed by atoms with Crippen molar-refractivity contribution < 1.29 is 0 Å². The van der Waals surface area contributed by atoms with Crippen LogP contribution in [0.15, 0.2) is 42.5 Å². The summed E-state index contributed by atoms with van der Waals surface area (Å²) < 4.78 is 0. The summed E-state index contributed by atoms with van der Waals surface area (Å²) in [7, 11) is 45.0. The molecule has 0 aliphatic heterocycles. The van der Waals surface area contributed by atoms with Gasteiger partial charge in [0.15, 0.2) is 0 Å². The van der Waals surface area contributed by atoms with Crippen molar-refractivity contribution >= 4 is 296 Å². The van der Waals surface area contributed by atoms with E-state index in [4.69, 9.17) is 0 Å². The van der Waals surface area contributed by atoms with Crippen molar-refractivity contribution in [3.63, 3.8) is 0 Å². The third-order valence-corrected chi connectivity index (χ3v) is 16.3. The maximum Gasteiger partial charge on any atom is 0.140 e. The third-order valence-electron chi connectivity index (χ3n) is 16.3. The molecule has 0 unspecified atom stereocenters. The highest BCUT2D eigenvalue weighted by Gasteiger charge is 2.29. The zero-order valence-corrected chi connectivity index (χ0v) is 39.5. The zero-order valence-electron chi connectivity index (χ0n) is 39.5. The second-order valence-electron chi connectivity index (χ2n) is 18.6. The van der Waals surface area contributed by atoms with Gasteiger partial charge in [-0.1, -0.05) is 107 Å². The maximum atomic E-state index is 2.44. The van der Waals surface area contributed by atoms with Crippen LogP contribution in [0.4, 0.5) is 0 Å². The van der Waals surface area contributed by atoms with Crippen LogP contribution in [0.25, 0.3) is 76.5 Å². The first-order valence-electron chi connectivity index (χ1n) is 21.8. The fraction of sp³-hybridized carbons (Fsp3) is 0. The molecule has 0 amide bonds. The molecule has 0 saturated heterocycles. The number of rotatable bonds is 3. The van der Waals surface area contributed by atoms with Gasteiger partial charge in [-0.05, 0) is 82.5 Å². The van der Waals surface area contributed by atoms with Gasteiger partial charge in [-0.15, -0.1) is 32.8 Å². The largest absolute Gasteiger partial charge is 0.140 e. The quantitative estimate of drug-likeness (QED) is 0.125. The molecule has 0 aliphatic carbocycles. The second kappa shape index (κ2) is 14.6. The van der Waals surface area contributed by atoms with Crippen LogP contribution in [-0.4, -0.2) is 149 Å². The minimum absolute atomic E-state index is 1.28. The van der Waals surface area contributed by atoms with Gasteiger partial charge in [0.1, 0.15) is 149 Å². The Labute approximate surface area is 369 Å². The highest BCUT2D eigenvalue weighted by Crippen LogP contribution is 2.40. The fourth-order valence-corrected chi connectivity index (χ4v) is 11.5. The summed E-state index contributed by atoms with van der Waals surface area (Å²) in [6.07, 6.45) is 0. The van der Waals surface area contributed by atoms with Crippen LogP contribution in [0, 0.1) is 0 Å². The summed E-state index contributed by atoms with van der Waals surface area (Å²) in [4.78, 5) is 0. The van der Waals surface area contributed by atoms with Gasteiger partial charge in [-0.3, -0.25) is 0 Å². The second-order valence-corrected chi connectivity index (χ2v) is 18.6. The van der Waals surface area contributed by atoms with Gasteiger partial charge < -0.3 is 0 Å². The molecule has 8 aromatic rings. The van der Waals surface area contributed by atoms with Crippen LogP contribution in [0.2, 0.25) is 0 Å². The molecule has 0 saturated carbocycles. The highest BCUT2D eigenvalue weighted by atomic mass is 14.3. The molecular formula is C40H45B19. The van der Waals surface area contributed by atoms with E-state index in [1.807, 2.05) is 0 Å². The Hall–Kier alpha value is -3.97.